The lowest BCUT2D eigenvalue weighted by Gasteiger charge is -2.25. The molecule has 0 bridgehead atoms. The Morgan fingerprint density at radius 1 is 1.50 bits per heavy atom. The number of carbonyl (C=O) groups is 3. The van der Waals surface area contributed by atoms with Crippen LogP contribution in [0.3, 0.4) is 0 Å². The Kier molecular flexibility index (Phi) is 5.98. The quantitative estimate of drug-likeness (QED) is 0.755. The van der Waals surface area contributed by atoms with Crippen molar-refractivity contribution in [1.29, 1.82) is 0 Å². The molecular formula is C14H24N2O4. The van der Waals surface area contributed by atoms with Crippen molar-refractivity contribution >= 4 is 17.8 Å². The minimum absolute atomic E-state index is 0.0240. The Morgan fingerprint density at radius 2 is 2.15 bits per heavy atom. The first-order valence-electron chi connectivity index (χ1n) is 7.13. The number of hydrogen-bond donors (Lipinski definition) is 1. The van der Waals surface area contributed by atoms with E-state index < -0.39 is 5.97 Å². The van der Waals surface area contributed by atoms with Crippen LogP contribution in [0.15, 0.2) is 0 Å². The molecule has 0 aliphatic carbocycles. The third kappa shape index (κ3) is 4.21. The lowest BCUT2D eigenvalue weighted by molar-refractivity contribution is -0.139. The number of hydrogen-bond acceptors (Lipinski definition) is 3. The second kappa shape index (κ2) is 7.26. The van der Waals surface area contributed by atoms with Crippen molar-refractivity contribution in [3.63, 3.8) is 0 Å². The Balaban J connectivity index is 2.54. The van der Waals surface area contributed by atoms with Crippen LogP contribution in [-0.4, -0.2) is 58.9 Å². The zero-order valence-corrected chi connectivity index (χ0v) is 12.5. The van der Waals surface area contributed by atoms with E-state index >= 15 is 0 Å². The average molecular weight is 284 g/mol. The molecule has 0 radical (unpaired) electrons. The Hall–Kier alpha value is -1.59. The van der Waals surface area contributed by atoms with Crippen molar-refractivity contribution in [3.8, 4) is 0 Å². The zero-order valence-electron chi connectivity index (χ0n) is 12.5. The molecule has 114 valence electrons. The molecular weight excluding hydrogens is 260 g/mol. The van der Waals surface area contributed by atoms with Gasteiger partial charge >= 0.3 is 5.97 Å². The van der Waals surface area contributed by atoms with E-state index in [1.807, 2.05) is 6.92 Å². The molecule has 1 fully saturated rings. The van der Waals surface area contributed by atoms with E-state index in [0.717, 1.165) is 12.8 Å². The molecule has 0 spiro atoms. The molecule has 6 nitrogen and oxygen atoms in total. The molecule has 1 saturated heterocycles. The number of carboxylic acid groups (broad SMARTS) is 1. The molecule has 0 unspecified atom stereocenters. The number of nitrogens with zero attached hydrogens (tertiary/aromatic N) is 2. The van der Waals surface area contributed by atoms with E-state index in [1.165, 1.54) is 4.90 Å². The maximum atomic E-state index is 12.2. The van der Waals surface area contributed by atoms with Gasteiger partial charge in [0, 0.05) is 32.6 Å². The fourth-order valence-corrected chi connectivity index (χ4v) is 2.58. The van der Waals surface area contributed by atoms with Gasteiger partial charge in [0.25, 0.3) is 0 Å². The van der Waals surface area contributed by atoms with Crippen molar-refractivity contribution in [3.05, 3.63) is 0 Å². The summed E-state index contributed by atoms with van der Waals surface area (Å²) in [5.74, 6) is -1.37. The van der Waals surface area contributed by atoms with Gasteiger partial charge in [-0.15, -0.1) is 0 Å². The summed E-state index contributed by atoms with van der Waals surface area (Å²) in [4.78, 5) is 37.8. The molecule has 1 aliphatic rings. The molecule has 1 rings (SSSR count). The van der Waals surface area contributed by atoms with Gasteiger partial charge in [-0.25, -0.2) is 0 Å². The summed E-state index contributed by atoms with van der Waals surface area (Å²) >= 11 is 0. The maximum Gasteiger partial charge on any atom is 0.305 e. The summed E-state index contributed by atoms with van der Waals surface area (Å²) in [7, 11) is 1.59. The van der Waals surface area contributed by atoms with Gasteiger partial charge in [0.05, 0.1) is 12.3 Å². The average Bonchev–Trinajstić information content (AvgIpc) is 2.77. The van der Waals surface area contributed by atoms with Crippen molar-refractivity contribution in [1.82, 2.24) is 9.80 Å². The lowest BCUT2D eigenvalue weighted by atomic mass is 10.1. The van der Waals surface area contributed by atoms with Crippen LogP contribution < -0.4 is 0 Å². The summed E-state index contributed by atoms with van der Waals surface area (Å²) in [6.45, 7) is 4.71. The predicted molar refractivity (Wildman–Crippen MR) is 74.1 cm³/mol. The number of amides is 2. The number of carbonyl (C=O) groups excluding carboxylic acids is 2. The minimum Gasteiger partial charge on any atom is -0.481 e. The van der Waals surface area contributed by atoms with Crippen LogP contribution in [0, 0.1) is 5.92 Å². The van der Waals surface area contributed by atoms with Crippen molar-refractivity contribution in [2.75, 3.05) is 20.1 Å². The molecule has 20 heavy (non-hydrogen) atoms. The van der Waals surface area contributed by atoms with Gasteiger partial charge in [-0.2, -0.15) is 0 Å². The van der Waals surface area contributed by atoms with Gasteiger partial charge < -0.3 is 14.9 Å². The third-order valence-electron chi connectivity index (χ3n) is 3.78. The maximum absolute atomic E-state index is 12.2. The topological polar surface area (TPSA) is 77.9 Å². The summed E-state index contributed by atoms with van der Waals surface area (Å²) in [5, 5.41) is 8.63. The van der Waals surface area contributed by atoms with Crippen LogP contribution in [-0.2, 0) is 14.4 Å². The van der Waals surface area contributed by atoms with Gasteiger partial charge in [-0.05, 0) is 13.3 Å². The molecule has 1 N–H and O–H groups in total. The summed E-state index contributed by atoms with van der Waals surface area (Å²) < 4.78 is 0. The smallest absolute Gasteiger partial charge is 0.305 e. The summed E-state index contributed by atoms with van der Waals surface area (Å²) in [6, 6.07) is 0.162. The Morgan fingerprint density at radius 3 is 2.70 bits per heavy atom. The first kappa shape index (κ1) is 16.5. The highest BCUT2D eigenvalue weighted by Gasteiger charge is 2.37. The normalized spacial score (nSPS) is 20.1. The second-order valence-electron chi connectivity index (χ2n) is 5.49. The first-order valence-corrected chi connectivity index (χ1v) is 7.13. The monoisotopic (exact) mass is 284 g/mol. The molecule has 2 atom stereocenters. The molecule has 6 heteroatoms. The van der Waals surface area contributed by atoms with Crippen molar-refractivity contribution in [2.24, 2.45) is 5.92 Å². The number of carboxylic acids is 1. The fraction of sp³-hybridized carbons (Fsp3) is 0.786. The van der Waals surface area contributed by atoms with Gasteiger partial charge in [0.15, 0.2) is 0 Å². The van der Waals surface area contributed by atoms with Crippen LogP contribution >= 0.6 is 0 Å². The molecule has 1 heterocycles. The SMILES string of the molecule is CCC[C@H](C)N1C[C@@H](C(=O)N(C)CCC(=O)O)CC1=O. The standard InChI is InChI=1S/C14H24N2O4/c1-4-5-10(2)16-9-11(8-12(16)17)14(20)15(3)7-6-13(18)19/h10-11H,4-9H2,1-3H3,(H,18,19)/t10-,11-/m0/s1. The van der Waals surface area contributed by atoms with E-state index in [9.17, 15) is 14.4 Å². The van der Waals surface area contributed by atoms with Gasteiger partial charge in [-0.3, -0.25) is 14.4 Å². The van der Waals surface area contributed by atoms with Crippen LogP contribution in [0.4, 0.5) is 0 Å². The van der Waals surface area contributed by atoms with E-state index in [-0.39, 0.29) is 43.2 Å². The zero-order chi connectivity index (χ0) is 15.3. The Bertz CT molecular complexity index is 383. The lowest BCUT2D eigenvalue weighted by Crippen LogP contribution is -2.38. The molecule has 1 aliphatic heterocycles. The second-order valence-corrected chi connectivity index (χ2v) is 5.49. The van der Waals surface area contributed by atoms with Gasteiger partial charge in [0.1, 0.15) is 0 Å². The molecule has 0 aromatic heterocycles. The highest BCUT2D eigenvalue weighted by atomic mass is 16.4. The predicted octanol–water partition coefficient (Wildman–Crippen LogP) is 0.957. The molecule has 0 saturated carbocycles. The molecule has 2 amide bonds. The van der Waals surface area contributed by atoms with Crippen molar-refractivity contribution < 1.29 is 19.5 Å². The van der Waals surface area contributed by atoms with E-state index in [0.29, 0.717) is 6.54 Å². The number of aliphatic carboxylic acids is 1. The Labute approximate surface area is 119 Å². The largest absolute Gasteiger partial charge is 0.481 e. The van der Waals surface area contributed by atoms with Crippen LogP contribution in [0.5, 0.6) is 0 Å². The highest BCUT2D eigenvalue weighted by Crippen LogP contribution is 2.23. The van der Waals surface area contributed by atoms with Gasteiger partial charge in [-0.1, -0.05) is 13.3 Å². The number of likely N-dealkylation sites (tertiary alicyclic amines) is 1. The third-order valence-corrected chi connectivity index (χ3v) is 3.78. The number of rotatable bonds is 7. The summed E-state index contributed by atoms with van der Waals surface area (Å²) in [5.41, 5.74) is 0. The minimum atomic E-state index is -0.926. The fourth-order valence-electron chi connectivity index (χ4n) is 2.58. The van der Waals surface area contributed by atoms with Crippen LogP contribution in [0.2, 0.25) is 0 Å². The van der Waals surface area contributed by atoms with E-state index in [1.54, 1.807) is 11.9 Å². The van der Waals surface area contributed by atoms with E-state index in [4.69, 9.17) is 5.11 Å². The molecule has 0 aromatic rings. The highest BCUT2D eigenvalue weighted by molar-refractivity contribution is 5.89. The van der Waals surface area contributed by atoms with Crippen LogP contribution in [0.25, 0.3) is 0 Å². The van der Waals surface area contributed by atoms with Crippen LogP contribution in [0.1, 0.15) is 39.5 Å². The van der Waals surface area contributed by atoms with Gasteiger partial charge in [0.2, 0.25) is 11.8 Å². The first-order chi connectivity index (χ1) is 9.36. The summed E-state index contributed by atoms with van der Waals surface area (Å²) in [6.07, 6.45) is 2.10. The van der Waals surface area contributed by atoms with Crippen molar-refractivity contribution in [2.45, 2.75) is 45.6 Å². The molecule has 0 aromatic carbocycles. The van der Waals surface area contributed by atoms with E-state index in [2.05, 4.69) is 6.92 Å².